The van der Waals surface area contributed by atoms with E-state index in [4.69, 9.17) is 0 Å². The molecule has 0 aromatic rings. The molecule has 0 bridgehead atoms. The van der Waals surface area contributed by atoms with Crippen molar-refractivity contribution in [3.05, 3.63) is 42.1 Å². The average molecular weight is 549 g/mol. The molecular weight excluding hydrogens is 505 g/mol. The van der Waals surface area contributed by atoms with E-state index in [9.17, 15) is 0 Å². The molecule has 0 saturated heterocycles. The van der Waals surface area contributed by atoms with Crippen LogP contribution in [0, 0.1) is 0 Å². The number of hydrogen-bond acceptors (Lipinski definition) is 1. The predicted octanol–water partition coefficient (Wildman–Crippen LogP) is 8.23. The third-order valence-electron chi connectivity index (χ3n) is 5.79. The van der Waals surface area contributed by atoms with E-state index in [0.717, 1.165) is 0 Å². The molecule has 1 nitrogen and oxygen atoms in total. The van der Waals surface area contributed by atoms with Crippen molar-refractivity contribution in [2.24, 2.45) is 0 Å². The van der Waals surface area contributed by atoms with Crippen molar-refractivity contribution in [3.63, 3.8) is 0 Å². The van der Waals surface area contributed by atoms with Crippen molar-refractivity contribution >= 4 is 0 Å². The Morgan fingerprint density at radius 1 is 0.750 bits per heavy atom. The Bertz CT molecular complexity index is 593. The van der Waals surface area contributed by atoms with Gasteiger partial charge in [0.25, 0.3) is 0 Å². The molecule has 2 heteroatoms. The zero-order valence-corrected chi connectivity index (χ0v) is 23.5. The Kier molecular flexibility index (Phi) is 8.77. The third kappa shape index (κ3) is 5.91. The van der Waals surface area contributed by atoms with Gasteiger partial charge in [-0.1, -0.05) is 0 Å². The van der Waals surface area contributed by atoms with Gasteiger partial charge in [-0.3, -0.25) is 0 Å². The van der Waals surface area contributed by atoms with Crippen molar-refractivity contribution in [1.29, 1.82) is 0 Å². The molecular formula is C26H44HfN. The Balaban J connectivity index is 2.59. The van der Waals surface area contributed by atoms with Crippen LogP contribution in [-0.2, 0) is 21.7 Å². The average Bonchev–Trinajstić information content (AvgIpc) is 3.22. The number of allylic oxidation sites excluding steroid dienone is 8. The Labute approximate surface area is 184 Å². The van der Waals surface area contributed by atoms with Gasteiger partial charge in [-0.05, 0) is 0 Å². The van der Waals surface area contributed by atoms with Crippen LogP contribution in [0.1, 0.15) is 107 Å². The second-order valence-corrected chi connectivity index (χ2v) is 18.9. The number of hydrogen-bond donors (Lipinski definition) is 0. The molecule has 0 amide bonds. The second kappa shape index (κ2) is 10.2. The Hall–Kier alpha value is -0.210. The van der Waals surface area contributed by atoms with Gasteiger partial charge in [0.2, 0.25) is 0 Å². The van der Waals surface area contributed by atoms with Gasteiger partial charge in [0.05, 0.1) is 0 Å². The van der Waals surface area contributed by atoms with Gasteiger partial charge in [0.1, 0.15) is 0 Å². The van der Waals surface area contributed by atoms with E-state index in [2.05, 4.69) is 82.6 Å². The number of nitrogens with zero attached hydrogens (tertiary/aromatic N) is 1. The molecule has 2 aliphatic rings. The molecule has 0 saturated carbocycles. The molecule has 0 spiro atoms. The van der Waals surface area contributed by atoms with Crippen molar-refractivity contribution < 1.29 is 21.7 Å². The standard InChI is InChI=1S/2C9H13.C8H18N.Hf/c2*1-2-3-6-9-7-4-5-8-9;1-7(2,3)9-8(4,5)6;/h2*4,7H,2-3,5-6H2,1H3;1-6H3;/q;;-1;+1. The zero-order valence-electron chi connectivity index (χ0n) is 19.9. The minimum absolute atomic E-state index is 0.206. The topological polar surface area (TPSA) is 3.24 Å². The zero-order chi connectivity index (χ0) is 20.9. The molecule has 0 aromatic heterocycles. The molecule has 0 atom stereocenters. The first-order chi connectivity index (χ1) is 13.1. The van der Waals surface area contributed by atoms with E-state index in [1.165, 1.54) is 51.4 Å². The van der Waals surface area contributed by atoms with Gasteiger partial charge in [-0.2, -0.15) is 0 Å². The van der Waals surface area contributed by atoms with E-state index in [1.807, 2.05) is 6.66 Å². The molecule has 28 heavy (non-hydrogen) atoms. The van der Waals surface area contributed by atoms with E-state index < -0.39 is 21.7 Å². The molecule has 0 N–H and O–H groups in total. The molecule has 0 aromatic carbocycles. The van der Waals surface area contributed by atoms with Gasteiger partial charge in [-0.15, -0.1) is 0 Å². The van der Waals surface area contributed by atoms with Gasteiger partial charge >= 0.3 is 185 Å². The molecule has 0 radical (unpaired) electrons. The van der Waals surface area contributed by atoms with Crippen LogP contribution in [-0.4, -0.2) is 14.0 Å². The summed E-state index contributed by atoms with van der Waals surface area (Å²) in [6.07, 6.45) is 20.1. The fraction of sp³-hybridized carbons (Fsp3) is 0.692. The van der Waals surface area contributed by atoms with Crippen LogP contribution in [0.3, 0.4) is 0 Å². The maximum absolute atomic E-state index is 3.02. The summed E-state index contributed by atoms with van der Waals surface area (Å²) in [6.45, 7) is 19.3. The molecule has 157 valence electrons. The van der Waals surface area contributed by atoms with Crippen molar-refractivity contribution in [1.82, 2.24) is 2.89 Å². The summed E-state index contributed by atoms with van der Waals surface area (Å²) < 4.78 is 6.79. The van der Waals surface area contributed by atoms with Crippen molar-refractivity contribution in [3.8, 4) is 0 Å². The van der Waals surface area contributed by atoms with Crippen LogP contribution in [0.25, 0.3) is 0 Å². The summed E-state index contributed by atoms with van der Waals surface area (Å²) in [5.41, 5.74) is 3.82. The van der Waals surface area contributed by atoms with Crippen LogP contribution in [0.5, 0.6) is 0 Å². The van der Waals surface area contributed by atoms with E-state index in [1.54, 1.807) is 11.1 Å². The van der Waals surface area contributed by atoms with Gasteiger partial charge in [-0.25, -0.2) is 0 Å². The molecule has 0 fully saturated rings. The molecule has 0 aliphatic heterocycles. The summed E-state index contributed by atoms with van der Waals surface area (Å²) in [5, 5.41) is 0. The summed E-state index contributed by atoms with van der Waals surface area (Å²) in [6, 6.07) is 0. The first-order valence-corrected chi connectivity index (χ1v) is 16.8. The Morgan fingerprint density at radius 3 is 1.46 bits per heavy atom. The quantitative estimate of drug-likeness (QED) is 0.262. The monoisotopic (exact) mass is 550 g/mol. The SMILES string of the molecule is CCCCC1=[C]([Hf]([C]2=C(CCCC)C=CC2)[N](C(C)(C)C)C(C)(C)C)CC=C1. The fourth-order valence-electron chi connectivity index (χ4n) is 4.93. The summed E-state index contributed by atoms with van der Waals surface area (Å²) in [4.78, 5) is 0. The minimum atomic E-state index is -2.43. The fourth-order valence-corrected chi connectivity index (χ4v) is 18.9. The van der Waals surface area contributed by atoms with E-state index >= 15 is 0 Å². The van der Waals surface area contributed by atoms with Crippen LogP contribution in [0.4, 0.5) is 0 Å². The van der Waals surface area contributed by atoms with Gasteiger partial charge in [0.15, 0.2) is 0 Å². The maximum atomic E-state index is 3.02. The number of rotatable bonds is 9. The van der Waals surface area contributed by atoms with Gasteiger partial charge < -0.3 is 0 Å². The summed E-state index contributed by atoms with van der Waals surface area (Å²) in [5.74, 6) is 0. The summed E-state index contributed by atoms with van der Waals surface area (Å²) >= 11 is -2.43. The molecule has 0 unspecified atom stereocenters. The number of unbranched alkanes of at least 4 members (excludes halogenated alkanes) is 2. The first kappa shape index (κ1) is 24.1. The van der Waals surface area contributed by atoms with E-state index in [-0.39, 0.29) is 11.1 Å². The normalized spacial score (nSPS) is 17.6. The molecule has 2 aliphatic carbocycles. The van der Waals surface area contributed by atoms with Crippen molar-refractivity contribution in [2.75, 3.05) is 0 Å². The third-order valence-corrected chi connectivity index (χ3v) is 20.1. The van der Waals surface area contributed by atoms with Crippen LogP contribution < -0.4 is 0 Å². The molecule has 2 rings (SSSR count). The second-order valence-electron chi connectivity index (χ2n) is 10.5. The summed E-state index contributed by atoms with van der Waals surface area (Å²) in [7, 11) is 0. The first-order valence-electron chi connectivity index (χ1n) is 11.6. The predicted molar refractivity (Wildman–Crippen MR) is 122 cm³/mol. The molecule has 0 heterocycles. The van der Waals surface area contributed by atoms with Crippen molar-refractivity contribution in [2.45, 2.75) is 118 Å². The van der Waals surface area contributed by atoms with Crippen LogP contribution in [0.15, 0.2) is 42.1 Å². The van der Waals surface area contributed by atoms with E-state index in [0.29, 0.717) is 0 Å². The Morgan fingerprint density at radius 2 is 1.14 bits per heavy atom. The van der Waals surface area contributed by atoms with Gasteiger partial charge in [0, 0.05) is 0 Å². The van der Waals surface area contributed by atoms with Crippen LogP contribution in [0.2, 0.25) is 0 Å². The van der Waals surface area contributed by atoms with Crippen LogP contribution >= 0.6 is 0 Å².